The molecule has 0 amide bonds. The number of nitrogens with zero attached hydrogens (tertiary/aromatic N) is 2. The number of pyridine rings is 1. The van der Waals surface area contributed by atoms with Gasteiger partial charge < -0.3 is 10.3 Å². The molecule has 0 atom stereocenters. The number of para-hydroxylation sites is 1. The Labute approximate surface area is 198 Å². The largest absolute Gasteiger partial charge is 0.361 e. The molecule has 2 aromatic heterocycles. The van der Waals surface area contributed by atoms with Crippen molar-refractivity contribution in [3.8, 4) is 0 Å². The summed E-state index contributed by atoms with van der Waals surface area (Å²) in [5.41, 5.74) is 3.93. The van der Waals surface area contributed by atoms with E-state index >= 15 is 0 Å². The molecule has 1 saturated carbocycles. The van der Waals surface area contributed by atoms with Crippen LogP contribution >= 0.6 is 37.2 Å². The summed E-state index contributed by atoms with van der Waals surface area (Å²) in [6.45, 7) is 1.03. The van der Waals surface area contributed by atoms with Crippen LogP contribution in [0.3, 0.4) is 0 Å². The van der Waals surface area contributed by atoms with Crippen molar-refractivity contribution < 1.29 is 0 Å². The maximum Gasteiger partial charge on any atom is 0.0629 e. The van der Waals surface area contributed by atoms with Crippen LogP contribution < -0.4 is 5.32 Å². The van der Waals surface area contributed by atoms with Gasteiger partial charge >= 0.3 is 0 Å². The molecular weight excluding hydrogens is 439 g/mol. The summed E-state index contributed by atoms with van der Waals surface area (Å²) in [6.07, 6.45) is 9.85. The Bertz CT molecular complexity index is 874. The third-order valence-corrected chi connectivity index (χ3v) is 6.31. The number of halogens is 3. The van der Waals surface area contributed by atoms with Gasteiger partial charge in [-0.15, -0.1) is 37.2 Å². The fourth-order valence-electron chi connectivity index (χ4n) is 4.62. The van der Waals surface area contributed by atoms with Crippen molar-refractivity contribution in [1.29, 1.82) is 0 Å². The van der Waals surface area contributed by atoms with Gasteiger partial charge in [-0.25, -0.2) is 0 Å². The highest BCUT2D eigenvalue weighted by Crippen LogP contribution is 2.40. The van der Waals surface area contributed by atoms with Gasteiger partial charge in [-0.05, 0) is 76.5 Å². The maximum absolute atomic E-state index is 4.68. The smallest absolute Gasteiger partial charge is 0.0629 e. The zero-order valence-electron chi connectivity index (χ0n) is 17.6. The molecule has 1 aliphatic carbocycles. The highest BCUT2D eigenvalue weighted by atomic mass is 35.5. The number of aromatic amines is 1. The summed E-state index contributed by atoms with van der Waals surface area (Å²) in [5.74, 6) is 0. The van der Waals surface area contributed by atoms with E-state index in [1.54, 1.807) is 0 Å². The molecule has 30 heavy (non-hydrogen) atoms. The van der Waals surface area contributed by atoms with Crippen LogP contribution in [0.1, 0.15) is 36.9 Å². The normalized spacial score (nSPS) is 20.8. The SMILES string of the molecule is CN(C)C1(c2ccccn2)CCC(NCCc2c[nH]c3ccccc23)CC1.Cl.Cl.Cl. The minimum Gasteiger partial charge on any atom is -0.361 e. The Balaban J connectivity index is 0.00000150. The molecule has 0 radical (unpaired) electrons. The minimum atomic E-state index is 0. The van der Waals surface area contributed by atoms with Crippen molar-refractivity contribution in [3.05, 3.63) is 66.1 Å². The Morgan fingerprint density at radius 3 is 2.40 bits per heavy atom. The van der Waals surface area contributed by atoms with Crippen LogP contribution in [0.25, 0.3) is 10.9 Å². The third kappa shape index (κ3) is 5.49. The van der Waals surface area contributed by atoms with E-state index in [4.69, 9.17) is 0 Å². The zero-order valence-corrected chi connectivity index (χ0v) is 20.1. The highest BCUT2D eigenvalue weighted by molar-refractivity contribution is 5.86. The van der Waals surface area contributed by atoms with Gasteiger partial charge in [-0.3, -0.25) is 9.88 Å². The predicted octanol–water partition coefficient (Wildman–Crippen LogP) is 5.36. The maximum atomic E-state index is 4.68. The Hall–Kier alpha value is -1.30. The first-order chi connectivity index (χ1) is 13.2. The summed E-state index contributed by atoms with van der Waals surface area (Å²) >= 11 is 0. The van der Waals surface area contributed by atoms with Crippen LogP contribution in [0, 0.1) is 0 Å². The highest BCUT2D eigenvalue weighted by Gasteiger charge is 2.39. The monoisotopic (exact) mass is 470 g/mol. The molecule has 4 nitrogen and oxygen atoms in total. The molecule has 166 valence electrons. The average Bonchev–Trinajstić information content (AvgIpc) is 3.12. The van der Waals surface area contributed by atoms with E-state index in [0.717, 1.165) is 25.8 Å². The first-order valence-corrected chi connectivity index (χ1v) is 10.1. The molecule has 1 fully saturated rings. The van der Waals surface area contributed by atoms with E-state index in [1.165, 1.54) is 35.0 Å². The lowest BCUT2D eigenvalue weighted by Crippen LogP contribution is -2.48. The zero-order chi connectivity index (χ0) is 18.7. The quantitative estimate of drug-likeness (QED) is 0.508. The van der Waals surface area contributed by atoms with Crippen LogP contribution in [0.4, 0.5) is 0 Å². The van der Waals surface area contributed by atoms with E-state index in [2.05, 4.69) is 76.9 Å². The van der Waals surface area contributed by atoms with E-state index in [9.17, 15) is 0 Å². The fourth-order valence-corrected chi connectivity index (χ4v) is 4.62. The van der Waals surface area contributed by atoms with E-state index in [1.807, 2.05) is 12.3 Å². The summed E-state index contributed by atoms with van der Waals surface area (Å²) < 4.78 is 0. The van der Waals surface area contributed by atoms with Gasteiger partial charge in [0.1, 0.15) is 0 Å². The number of nitrogens with one attached hydrogen (secondary N) is 2. The molecule has 0 unspecified atom stereocenters. The Morgan fingerprint density at radius 2 is 1.73 bits per heavy atom. The van der Waals surface area contributed by atoms with E-state index in [-0.39, 0.29) is 42.8 Å². The first kappa shape index (κ1) is 26.7. The number of fused-ring (bicyclic) bond motifs is 1. The average molecular weight is 472 g/mol. The molecule has 3 aromatic rings. The number of hydrogen-bond donors (Lipinski definition) is 2. The first-order valence-electron chi connectivity index (χ1n) is 10.1. The van der Waals surface area contributed by atoms with Gasteiger partial charge in [0, 0.05) is 29.3 Å². The van der Waals surface area contributed by atoms with Gasteiger partial charge in [-0.2, -0.15) is 0 Å². The van der Waals surface area contributed by atoms with Gasteiger partial charge in [0.15, 0.2) is 0 Å². The fraction of sp³-hybridized carbons (Fsp3) is 0.435. The molecule has 0 spiro atoms. The number of rotatable bonds is 6. The van der Waals surface area contributed by atoms with Gasteiger partial charge in [-0.1, -0.05) is 24.3 Å². The van der Waals surface area contributed by atoms with Crippen LogP contribution in [0.2, 0.25) is 0 Å². The van der Waals surface area contributed by atoms with Crippen LogP contribution in [0.15, 0.2) is 54.9 Å². The molecular formula is C23H33Cl3N4. The van der Waals surface area contributed by atoms with Gasteiger partial charge in [0.05, 0.1) is 11.2 Å². The van der Waals surface area contributed by atoms with Crippen molar-refractivity contribution in [2.45, 2.75) is 43.7 Å². The number of H-pyrrole nitrogens is 1. The van der Waals surface area contributed by atoms with Gasteiger partial charge in [0.25, 0.3) is 0 Å². The Kier molecular flexibility index (Phi) is 10.6. The molecule has 1 aliphatic rings. The number of aromatic nitrogens is 2. The molecule has 0 saturated heterocycles. The summed E-state index contributed by atoms with van der Waals surface area (Å²) in [7, 11) is 4.39. The summed E-state index contributed by atoms with van der Waals surface area (Å²) in [5, 5.41) is 5.15. The van der Waals surface area contributed by atoms with Crippen LogP contribution in [0.5, 0.6) is 0 Å². The topological polar surface area (TPSA) is 44.0 Å². The molecule has 2 N–H and O–H groups in total. The molecule has 7 heteroatoms. The molecule has 4 rings (SSSR count). The lowest BCUT2D eigenvalue weighted by atomic mass is 9.76. The second-order valence-corrected chi connectivity index (χ2v) is 7.98. The predicted molar refractivity (Wildman–Crippen MR) is 134 cm³/mol. The molecule has 2 heterocycles. The number of benzene rings is 1. The molecule has 0 aliphatic heterocycles. The van der Waals surface area contributed by atoms with Crippen molar-refractivity contribution in [2.24, 2.45) is 0 Å². The third-order valence-electron chi connectivity index (χ3n) is 6.31. The summed E-state index contributed by atoms with van der Waals surface area (Å²) in [6, 6.07) is 15.5. The second-order valence-electron chi connectivity index (χ2n) is 7.98. The summed E-state index contributed by atoms with van der Waals surface area (Å²) in [4.78, 5) is 10.4. The van der Waals surface area contributed by atoms with E-state index < -0.39 is 0 Å². The standard InChI is InChI=1S/C23H30N4.3ClH/c1-27(2)23(22-9-5-6-15-25-22)13-10-19(11-14-23)24-16-12-18-17-26-21-8-4-3-7-20(18)21;;;/h3-9,15,17,19,24,26H,10-14,16H2,1-2H3;3*1H. The molecule has 0 bridgehead atoms. The van der Waals surface area contributed by atoms with Crippen LogP contribution in [-0.4, -0.2) is 41.5 Å². The van der Waals surface area contributed by atoms with E-state index in [0.29, 0.717) is 6.04 Å². The van der Waals surface area contributed by atoms with Crippen molar-refractivity contribution in [3.63, 3.8) is 0 Å². The van der Waals surface area contributed by atoms with Crippen LogP contribution in [-0.2, 0) is 12.0 Å². The number of hydrogen-bond acceptors (Lipinski definition) is 3. The molecule has 1 aromatic carbocycles. The minimum absolute atomic E-state index is 0. The lowest BCUT2D eigenvalue weighted by Gasteiger charge is -2.44. The van der Waals surface area contributed by atoms with Crippen molar-refractivity contribution >= 4 is 48.1 Å². The van der Waals surface area contributed by atoms with Crippen molar-refractivity contribution in [1.82, 2.24) is 20.2 Å². The second kappa shape index (κ2) is 11.9. The Morgan fingerprint density at radius 1 is 1.03 bits per heavy atom. The van der Waals surface area contributed by atoms with Gasteiger partial charge in [0.2, 0.25) is 0 Å². The van der Waals surface area contributed by atoms with Crippen molar-refractivity contribution in [2.75, 3.05) is 20.6 Å². The lowest BCUT2D eigenvalue weighted by molar-refractivity contribution is 0.0815.